The molecule has 0 aromatic carbocycles. The second-order valence-corrected chi connectivity index (χ2v) is 16.3. The van der Waals surface area contributed by atoms with Crippen LogP contribution in [0, 0.1) is 0 Å². The number of anilines is 1. The summed E-state index contributed by atoms with van der Waals surface area (Å²) in [6.45, 7) is 2.35. The minimum Gasteiger partial charge on any atom is -0.395 e. The van der Waals surface area contributed by atoms with Crippen LogP contribution in [0.25, 0.3) is 22.2 Å². The van der Waals surface area contributed by atoms with Gasteiger partial charge in [0.2, 0.25) is 0 Å². The average molecular weight is 727 g/mol. The molecule has 2 fully saturated rings. The standard InChI is InChI=1S/C28H37FN8O10P2/c1-48(40,41)43-11-18-9-20(28(46-18)37-15-33-22-25(37)34-14-35(6-7-38)26(22)39)47-49(2,42)44-12-17-8-19(29)27(45-17)36-10-16-4-3-5-30-23-21(16)24(36)32-13-31-23/h10,13-15,17-20,27-28,38H,3-9,11-12H2,1-2H3,(H,40,41)(H,30,31,32)/t17-,18-,19+,20+,27+,28+,49?/m0/s1. The molecule has 7 rings (SSSR count). The molecule has 8 atom stereocenters. The van der Waals surface area contributed by atoms with Crippen LogP contribution in [0.5, 0.6) is 0 Å². The van der Waals surface area contributed by atoms with Crippen LogP contribution in [0.4, 0.5) is 10.2 Å². The van der Waals surface area contributed by atoms with Gasteiger partial charge in [-0.1, -0.05) is 0 Å². The van der Waals surface area contributed by atoms with Gasteiger partial charge in [0.05, 0.1) is 50.3 Å². The Morgan fingerprint density at radius 2 is 1.80 bits per heavy atom. The number of aliphatic hydroxyl groups is 1. The number of aliphatic hydroxyl groups excluding tert-OH is 1. The maximum Gasteiger partial charge on any atom is 0.328 e. The van der Waals surface area contributed by atoms with Crippen molar-refractivity contribution < 1.29 is 46.6 Å². The fraction of sp³-hybridized carbons (Fsp3) is 0.607. The number of alkyl halides is 1. The Labute approximate surface area is 278 Å². The molecule has 3 N–H and O–H groups in total. The third kappa shape index (κ3) is 7.09. The molecule has 0 bridgehead atoms. The van der Waals surface area contributed by atoms with E-state index >= 15 is 4.39 Å². The second-order valence-electron chi connectivity index (χ2n) is 12.4. The maximum absolute atomic E-state index is 15.5. The normalized spacial score (nSPS) is 28.0. The number of halogens is 1. The van der Waals surface area contributed by atoms with Crippen molar-refractivity contribution in [3.05, 3.63) is 41.1 Å². The Bertz CT molecular complexity index is 2000. The molecule has 21 heteroatoms. The first-order valence-corrected chi connectivity index (χ1v) is 19.8. The Morgan fingerprint density at radius 1 is 1.02 bits per heavy atom. The minimum atomic E-state index is -3.86. The van der Waals surface area contributed by atoms with Crippen molar-refractivity contribution >= 4 is 43.2 Å². The zero-order valence-electron chi connectivity index (χ0n) is 26.7. The number of rotatable bonds is 12. The topological polar surface area (TPSA) is 216 Å². The van der Waals surface area contributed by atoms with Crippen LogP contribution in [0.3, 0.4) is 0 Å². The molecule has 49 heavy (non-hydrogen) atoms. The molecule has 0 radical (unpaired) electrons. The molecule has 0 amide bonds. The van der Waals surface area contributed by atoms with Crippen molar-refractivity contribution in [3.8, 4) is 0 Å². The predicted molar refractivity (Wildman–Crippen MR) is 171 cm³/mol. The van der Waals surface area contributed by atoms with Gasteiger partial charge >= 0.3 is 15.2 Å². The molecule has 0 saturated carbocycles. The summed E-state index contributed by atoms with van der Waals surface area (Å²) in [5.41, 5.74) is 1.24. The zero-order chi connectivity index (χ0) is 34.5. The molecule has 3 aliphatic rings. The van der Waals surface area contributed by atoms with Gasteiger partial charge in [-0.2, -0.15) is 0 Å². The molecule has 266 valence electrons. The molecular weight excluding hydrogens is 689 g/mol. The molecule has 18 nitrogen and oxygen atoms in total. The van der Waals surface area contributed by atoms with Gasteiger partial charge in [0.1, 0.15) is 36.4 Å². The van der Waals surface area contributed by atoms with E-state index in [-0.39, 0.29) is 50.4 Å². The third-order valence-electron chi connectivity index (χ3n) is 8.64. The van der Waals surface area contributed by atoms with E-state index in [9.17, 15) is 23.9 Å². The molecule has 2 saturated heterocycles. The lowest BCUT2D eigenvalue weighted by molar-refractivity contribution is -0.0484. The minimum absolute atomic E-state index is 0.00905. The van der Waals surface area contributed by atoms with Crippen molar-refractivity contribution in [2.75, 3.05) is 45.0 Å². The average Bonchev–Trinajstić information content (AvgIpc) is 3.80. The largest absolute Gasteiger partial charge is 0.395 e. The Balaban J connectivity index is 1.06. The summed E-state index contributed by atoms with van der Waals surface area (Å²) in [6, 6.07) is 0. The van der Waals surface area contributed by atoms with E-state index in [0.717, 1.165) is 37.0 Å². The van der Waals surface area contributed by atoms with Crippen LogP contribution in [-0.4, -0.2) is 108 Å². The highest BCUT2D eigenvalue weighted by Gasteiger charge is 2.44. The SMILES string of the molecule is CP(=O)(O)OC[C@@H]1C[C@@H](OP(C)(=O)OC[C@@H]2C[C@@H](F)[C@H](n3cc4c5c(ncnc53)NCCC4)O2)[C@H](n2cnc3c(=O)n(CCO)cnc32)O1. The highest BCUT2D eigenvalue weighted by Crippen LogP contribution is 2.51. The summed E-state index contributed by atoms with van der Waals surface area (Å²) in [5.74, 6) is 0.704. The first-order valence-electron chi connectivity index (χ1n) is 15.8. The summed E-state index contributed by atoms with van der Waals surface area (Å²) >= 11 is 0. The summed E-state index contributed by atoms with van der Waals surface area (Å²) in [4.78, 5) is 39.8. The monoisotopic (exact) mass is 726 g/mol. The molecular formula is C28H37FN8O10P2. The number of nitrogens with zero attached hydrogens (tertiary/aromatic N) is 7. The molecule has 7 heterocycles. The van der Waals surface area contributed by atoms with Gasteiger partial charge in [0, 0.05) is 38.9 Å². The lowest BCUT2D eigenvalue weighted by atomic mass is 10.1. The Hall–Kier alpha value is -3.12. The number of hydrogen-bond donors (Lipinski definition) is 3. The summed E-state index contributed by atoms with van der Waals surface area (Å²) < 4.78 is 74.3. The van der Waals surface area contributed by atoms with E-state index in [1.54, 1.807) is 4.57 Å². The van der Waals surface area contributed by atoms with Crippen molar-refractivity contribution in [1.82, 2.24) is 33.6 Å². The highest BCUT2D eigenvalue weighted by molar-refractivity contribution is 7.53. The van der Waals surface area contributed by atoms with Gasteiger partial charge in [0.15, 0.2) is 23.6 Å². The van der Waals surface area contributed by atoms with Crippen LogP contribution in [0.15, 0.2) is 30.0 Å². The predicted octanol–water partition coefficient (Wildman–Crippen LogP) is 2.36. The lowest BCUT2D eigenvalue weighted by Crippen LogP contribution is -2.25. The van der Waals surface area contributed by atoms with Crippen molar-refractivity contribution in [2.45, 2.75) is 69.2 Å². The Kier molecular flexibility index (Phi) is 9.49. The number of aryl methyl sites for hydroxylation is 1. The third-order valence-corrected chi connectivity index (χ3v) is 10.5. The number of fused-ring (bicyclic) bond motifs is 1. The van der Waals surface area contributed by atoms with Crippen molar-refractivity contribution in [2.24, 2.45) is 0 Å². The molecule has 0 spiro atoms. The molecule has 4 aromatic heterocycles. The van der Waals surface area contributed by atoms with Crippen LogP contribution >= 0.6 is 15.2 Å². The highest BCUT2D eigenvalue weighted by atomic mass is 31.2. The smallest absolute Gasteiger partial charge is 0.328 e. The van der Waals surface area contributed by atoms with E-state index in [0.29, 0.717) is 11.5 Å². The molecule has 0 aliphatic carbocycles. The maximum atomic E-state index is 15.5. The number of ether oxygens (including phenoxy) is 2. The summed E-state index contributed by atoms with van der Waals surface area (Å²) in [5, 5.41) is 13.4. The zero-order valence-corrected chi connectivity index (χ0v) is 28.5. The fourth-order valence-corrected chi connectivity index (χ4v) is 8.12. The first-order chi connectivity index (χ1) is 23.4. The summed E-state index contributed by atoms with van der Waals surface area (Å²) in [7, 11) is -7.70. The van der Waals surface area contributed by atoms with E-state index < -0.39 is 57.7 Å². The van der Waals surface area contributed by atoms with Crippen LogP contribution in [-0.2, 0) is 45.1 Å². The number of aromatic nitrogens is 7. The van der Waals surface area contributed by atoms with Gasteiger partial charge < -0.3 is 42.9 Å². The van der Waals surface area contributed by atoms with Gasteiger partial charge in [-0.05, 0) is 18.4 Å². The second kappa shape index (κ2) is 13.5. The number of imidazole rings is 1. The summed E-state index contributed by atoms with van der Waals surface area (Å²) in [6.07, 6.45) is 1.75. The van der Waals surface area contributed by atoms with E-state index in [4.69, 9.17) is 23.0 Å². The van der Waals surface area contributed by atoms with E-state index in [1.165, 1.54) is 34.8 Å². The van der Waals surface area contributed by atoms with Gasteiger partial charge in [-0.15, -0.1) is 0 Å². The number of nitrogens with one attached hydrogen (secondary N) is 1. The van der Waals surface area contributed by atoms with E-state index in [1.807, 2.05) is 6.20 Å². The quantitative estimate of drug-likeness (QED) is 0.179. The van der Waals surface area contributed by atoms with E-state index in [2.05, 4.69) is 25.3 Å². The van der Waals surface area contributed by atoms with Crippen molar-refractivity contribution in [1.29, 1.82) is 0 Å². The Morgan fingerprint density at radius 3 is 2.59 bits per heavy atom. The fourth-order valence-electron chi connectivity index (χ4n) is 6.50. The number of hydrogen-bond acceptors (Lipinski definition) is 14. The van der Waals surface area contributed by atoms with Gasteiger partial charge in [0.25, 0.3) is 5.56 Å². The molecule has 4 aromatic rings. The molecule has 3 aliphatic heterocycles. The van der Waals surface area contributed by atoms with Crippen molar-refractivity contribution in [3.63, 3.8) is 0 Å². The van der Waals surface area contributed by atoms with Crippen LogP contribution < -0.4 is 10.9 Å². The van der Waals surface area contributed by atoms with Gasteiger partial charge in [-0.3, -0.25) is 23.1 Å². The first kappa shape index (κ1) is 34.3. The lowest BCUT2D eigenvalue weighted by Gasteiger charge is -2.24. The van der Waals surface area contributed by atoms with Crippen LogP contribution in [0.1, 0.15) is 37.3 Å². The van der Waals surface area contributed by atoms with Gasteiger partial charge in [-0.25, -0.2) is 24.3 Å². The molecule has 2 unspecified atom stereocenters. The van der Waals surface area contributed by atoms with Crippen LogP contribution in [0.2, 0.25) is 0 Å².